The third-order valence-corrected chi connectivity index (χ3v) is 6.03. The highest BCUT2D eigenvalue weighted by atomic mass is 127. The summed E-state index contributed by atoms with van der Waals surface area (Å²) in [6.07, 6.45) is 3.03. The molecule has 0 radical (unpaired) electrons. The number of benzene rings is 1. The van der Waals surface area contributed by atoms with Crippen LogP contribution in [0.4, 0.5) is 0 Å². The number of hydrogen-bond donors (Lipinski definition) is 2. The molecule has 2 N–H and O–H groups in total. The minimum atomic E-state index is -3.36. The lowest BCUT2D eigenvalue weighted by atomic mass is 10.1. The van der Waals surface area contributed by atoms with Crippen LogP contribution in [0.15, 0.2) is 29.3 Å². The Morgan fingerprint density at radius 3 is 2.63 bits per heavy atom. The number of hydrogen-bond acceptors (Lipinski definition) is 5. The van der Waals surface area contributed by atoms with Gasteiger partial charge >= 0.3 is 0 Å². The number of guanidine groups is 1. The fourth-order valence-corrected chi connectivity index (χ4v) is 4.10. The lowest BCUT2D eigenvalue weighted by Gasteiger charge is -2.23. The van der Waals surface area contributed by atoms with Crippen LogP contribution in [0.2, 0.25) is 0 Å². The van der Waals surface area contributed by atoms with Crippen LogP contribution in [0, 0.1) is 0 Å². The van der Waals surface area contributed by atoms with Gasteiger partial charge in [0.1, 0.15) is 5.75 Å². The van der Waals surface area contributed by atoms with Gasteiger partial charge in [-0.25, -0.2) is 13.1 Å². The first kappa shape index (κ1) is 26.9. The third-order valence-electron chi connectivity index (χ3n) is 4.69. The van der Waals surface area contributed by atoms with Gasteiger partial charge in [-0.3, -0.25) is 4.99 Å². The van der Waals surface area contributed by atoms with E-state index in [4.69, 9.17) is 9.47 Å². The number of sulfonamides is 1. The molecule has 1 unspecified atom stereocenters. The molecule has 2 rings (SSSR count). The molecule has 10 heteroatoms. The standard InChI is InChI=1S/C20H34N4O4S.HI/c1-4-27-18-10-8-17(9-11-18)16-24(3)20(21-2)22-12-14-29(25,26)23-15-19-7-5-6-13-28-19;/h8-11,19,23H,4-7,12-16H2,1-3H3,(H,21,22);1H. The normalized spacial score (nSPS) is 17.2. The average molecular weight is 554 g/mol. The SMILES string of the molecule is CCOc1ccc(CN(C)C(=NC)NCCS(=O)(=O)NCC2CCCCO2)cc1.I. The first-order chi connectivity index (χ1) is 13.9. The third kappa shape index (κ3) is 9.80. The molecule has 1 aromatic carbocycles. The van der Waals surface area contributed by atoms with Crippen LogP contribution >= 0.6 is 24.0 Å². The molecule has 1 heterocycles. The van der Waals surface area contributed by atoms with Gasteiger partial charge in [-0.2, -0.15) is 0 Å². The van der Waals surface area contributed by atoms with Crippen LogP contribution in [0.1, 0.15) is 31.7 Å². The van der Waals surface area contributed by atoms with E-state index in [0.717, 1.165) is 30.6 Å². The maximum absolute atomic E-state index is 12.2. The van der Waals surface area contributed by atoms with Crippen LogP contribution in [-0.4, -0.2) is 71.5 Å². The Hall–Kier alpha value is -1.11. The van der Waals surface area contributed by atoms with Crippen molar-refractivity contribution in [1.82, 2.24) is 14.9 Å². The largest absolute Gasteiger partial charge is 0.494 e. The van der Waals surface area contributed by atoms with Crippen molar-refractivity contribution in [2.45, 2.75) is 38.8 Å². The van der Waals surface area contributed by atoms with E-state index in [2.05, 4.69) is 15.0 Å². The molecule has 1 saturated heterocycles. The van der Waals surface area contributed by atoms with E-state index >= 15 is 0 Å². The molecule has 8 nitrogen and oxygen atoms in total. The highest BCUT2D eigenvalue weighted by molar-refractivity contribution is 14.0. The van der Waals surface area contributed by atoms with E-state index in [1.807, 2.05) is 43.1 Å². The molecule has 172 valence electrons. The summed E-state index contributed by atoms with van der Waals surface area (Å²) in [5, 5.41) is 3.12. The van der Waals surface area contributed by atoms with Crippen LogP contribution in [0.25, 0.3) is 0 Å². The highest BCUT2D eigenvalue weighted by Gasteiger charge is 2.18. The smallest absolute Gasteiger partial charge is 0.213 e. The fourth-order valence-electron chi connectivity index (χ4n) is 3.15. The van der Waals surface area contributed by atoms with E-state index < -0.39 is 10.0 Å². The molecule has 0 saturated carbocycles. The minimum absolute atomic E-state index is 0. The molecule has 1 aliphatic rings. The van der Waals surface area contributed by atoms with Gasteiger partial charge in [0.05, 0.1) is 18.5 Å². The zero-order valence-corrected chi connectivity index (χ0v) is 21.2. The summed E-state index contributed by atoms with van der Waals surface area (Å²) in [6.45, 7) is 4.58. The van der Waals surface area contributed by atoms with Gasteiger partial charge in [-0.15, -0.1) is 24.0 Å². The number of rotatable bonds is 10. The summed E-state index contributed by atoms with van der Waals surface area (Å²) in [4.78, 5) is 6.19. The highest BCUT2D eigenvalue weighted by Crippen LogP contribution is 2.13. The monoisotopic (exact) mass is 554 g/mol. The summed E-state index contributed by atoms with van der Waals surface area (Å²) in [6, 6.07) is 7.90. The van der Waals surface area contributed by atoms with E-state index in [1.54, 1.807) is 7.05 Å². The van der Waals surface area contributed by atoms with Gasteiger partial charge in [0.15, 0.2) is 5.96 Å². The molecule has 0 spiro atoms. The second-order valence-electron chi connectivity index (χ2n) is 7.06. The Labute approximate surface area is 197 Å². The first-order valence-electron chi connectivity index (χ1n) is 10.2. The van der Waals surface area contributed by atoms with Crippen molar-refractivity contribution < 1.29 is 17.9 Å². The molecule has 0 aromatic heterocycles. The van der Waals surface area contributed by atoms with E-state index in [0.29, 0.717) is 32.3 Å². The molecular weight excluding hydrogens is 519 g/mol. The zero-order valence-electron chi connectivity index (χ0n) is 18.1. The first-order valence-corrected chi connectivity index (χ1v) is 11.8. The van der Waals surface area contributed by atoms with Gasteiger partial charge in [-0.1, -0.05) is 12.1 Å². The Kier molecular flexibility index (Phi) is 12.6. The molecule has 1 fully saturated rings. The van der Waals surface area contributed by atoms with Crippen molar-refractivity contribution in [2.75, 3.05) is 46.2 Å². The number of nitrogens with one attached hydrogen (secondary N) is 2. The molecule has 0 aliphatic carbocycles. The van der Waals surface area contributed by atoms with Crippen molar-refractivity contribution in [3.05, 3.63) is 29.8 Å². The number of nitrogens with zero attached hydrogens (tertiary/aromatic N) is 2. The maximum Gasteiger partial charge on any atom is 0.213 e. The Morgan fingerprint density at radius 2 is 2.03 bits per heavy atom. The van der Waals surface area contributed by atoms with Gasteiger partial charge in [0.2, 0.25) is 10.0 Å². The molecular formula is C20H35IN4O4S. The summed E-state index contributed by atoms with van der Waals surface area (Å²) < 4.78 is 38.1. The van der Waals surface area contributed by atoms with E-state index in [1.165, 1.54) is 0 Å². The molecule has 0 bridgehead atoms. The molecule has 30 heavy (non-hydrogen) atoms. The molecule has 1 aromatic rings. The van der Waals surface area contributed by atoms with Crippen molar-refractivity contribution >= 4 is 40.0 Å². The van der Waals surface area contributed by atoms with Crippen molar-refractivity contribution in [2.24, 2.45) is 4.99 Å². The van der Waals surface area contributed by atoms with Crippen LogP contribution < -0.4 is 14.8 Å². The van der Waals surface area contributed by atoms with Crippen LogP contribution in [0.5, 0.6) is 5.75 Å². The summed E-state index contributed by atoms with van der Waals surface area (Å²) in [7, 11) is 0.241. The van der Waals surface area contributed by atoms with Crippen LogP contribution in [-0.2, 0) is 21.3 Å². The van der Waals surface area contributed by atoms with E-state index in [9.17, 15) is 8.42 Å². The number of aliphatic imine (C=N–C) groups is 1. The molecule has 1 aliphatic heterocycles. The van der Waals surface area contributed by atoms with Gasteiger partial charge in [-0.05, 0) is 43.9 Å². The second-order valence-corrected chi connectivity index (χ2v) is 8.99. The topological polar surface area (TPSA) is 92.3 Å². The average Bonchev–Trinajstić information content (AvgIpc) is 2.72. The maximum atomic E-state index is 12.2. The number of ether oxygens (including phenoxy) is 2. The fraction of sp³-hybridized carbons (Fsp3) is 0.650. The van der Waals surface area contributed by atoms with E-state index in [-0.39, 0.29) is 42.4 Å². The quantitative estimate of drug-likeness (QED) is 0.262. The minimum Gasteiger partial charge on any atom is -0.494 e. The summed E-state index contributed by atoms with van der Waals surface area (Å²) >= 11 is 0. The van der Waals surface area contributed by atoms with Gasteiger partial charge in [0.25, 0.3) is 0 Å². The predicted octanol–water partition coefficient (Wildman–Crippen LogP) is 2.20. The zero-order chi connectivity index (χ0) is 21.1. The molecule has 0 amide bonds. The van der Waals surface area contributed by atoms with Crippen molar-refractivity contribution in [3.63, 3.8) is 0 Å². The second kappa shape index (κ2) is 14.0. The van der Waals surface area contributed by atoms with Crippen molar-refractivity contribution in [1.29, 1.82) is 0 Å². The number of halogens is 1. The Morgan fingerprint density at radius 1 is 1.30 bits per heavy atom. The molecule has 1 atom stereocenters. The summed E-state index contributed by atoms with van der Waals surface area (Å²) in [5.74, 6) is 1.47. The Bertz CT molecular complexity index is 738. The van der Waals surface area contributed by atoms with Gasteiger partial charge < -0.3 is 19.7 Å². The predicted molar refractivity (Wildman–Crippen MR) is 131 cm³/mol. The Balaban J connectivity index is 0.00000450. The van der Waals surface area contributed by atoms with Gasteiger partial charge in [0, 0.05) is 40.3 Å². The van der Waals surface area contributed by atoms with Crippen LogP contribution in [0.3, 0.4) is 0 Å². The lowest BCUT2D eigenvalue weighted by molar-refractivity contribution is 0.0200. The summed E-state index contributed by atoms with van der Waals surface area (Å²) in [5.41, 5.74) is 1.11. The van der Waals surface area contributed by atoms with Crippen molar-refractivity contribution in [3.8, 4) is 5.75 Å². The lowest BCUT2D eigenvalue weighted by Crippen LogP contribution is -2.43.